The van der Waals surface area contributed by atoms with Crippen LogP contribution in [0.1, 0.15) is 108 Å². The number of aliphatic hydroxyl groups excluding tert-OH is 1. The molecule has 0 aliphatic heterocycles. The first-order valence-corrected chi connectivity index (χ1v) is 19.9. The number of anilines is 1. The molecule has 8 saturated carbocycles. The van der Waals surface area contributed by atoms with Crippen molar-refractivity contribution in [2.75, 3.05) is 44.2 Å². The Labute approximate surface area is 308 Å². The van der Waals surface area contributed by atoms with Crippen LogP contribution in [0.15, 0.2) is 35.3 Å². The number of rotatable bonds is 11. The summed E-state index contributed by atoms with van der Waals surface area (Å²) in [5, 5.41) is 43.5. The SMILES string of the molecule is CCN(CC)c1ccc(C=NCCNCCO)c(O)c1.Oc1cc(C23CC4CC(CC(C4)C2)C3)cc(C23CC4CC(CC(C4)C2)C3)c1O.[O]=[V]. The molecule has 8 aliphatic carbocycles. The Bertz CT molecular complexity index is 1420. The molecule has 0 saturated heterocycles. The number of nitrogens with zero attached hydrogens (tertiary/aromatic N) is 2. The first-order chi connectivity index (χ1) is 24.2. The fraction of sp³-hybridized carbons (Fsp3) is 0.683. The van der Waals surface area contributed by atoms with E-state index in [1.807, 2.05) is 18.2 Å². The van der Waals surface area contributed by atoms with Gasteiger partial charge in [0, 0.05) is 55.3 Å². The molecule has 8 aliphatic rings. The third-order valence-electron chi connectivity index (χ3n) is 13.4. The van der Waals surface area contributed by atoms with Gasteiger partial charge in [0.2, 0.25) is 0 Å². The Hall–Kier alpha value is -2.39. The maximum atomic E-state index is 11.0. The Balaban J connectivity index is 0.000000175. The van der Waals surface area contributed by atoms with Crippen molar-refractivity contribution >= 4 is 11.9 Å². The quantitative estimate of drug-likeness (QED) is 0.0947. The molecule has 273 valence electrons. The van der Waals surface area contributed by atoms with Crippen molar-refractivity contribution < 1.29 is 41.5 Å². The van der Waals surface area contributed by atoms with Gasteiger partial charge in [-0.15, -0.1) is 0 Å². The number of phenols is 3. The molecular formula is C41H59N3O5V. The van der Waals surface area contributed by atoms with Crippen molar-refractivity contribution in [3.05, 3.63) is 47.0 Å². The second-order valence-corrected chi connectivity index (χ2v) is 16.7. The monoisotopic (exact) mass is 724 g/mol. The average molecular weight is 725 g/mol. The fourth-order valence-electron chi connectivity index (χ4n) is 12.2. The summed E-state index contributed by atoms with van der Waals surface area (Å²) in [6.07, 6.45) is 18.0. The van der Waals surface area contributed by atoms with Gasteiger partial charge in [0.1, 0.15) is 5.75 Å². The molecule has 2 aromatic rings. The van der Waals surface area contributed by atoms with E-state index in [0.717, 1.165) is 89.3 Å². The van der Waals surface area contributed by atoms with E-state index in [1.54, 1.807) is 12.3 Å². The molecule has 0 unspecified atom stereocenters. The number of hydrogen-bond acceptors (Lipinski definition) is 8. The van der Waals surface area contributed by atoms with Crippen LogP contribution in [0.4, 0.5) is 5.69 Å². The van der Waals surface area contributed by atoms with Crippen molar-refractivity contribution in [2.45, 2.75) is 102 Å². The molecule has 50 heavy (non-hydrogen) atoms. The van der Waals surface area contributed by atoms with Gasteiger partial charge >= 0.3 is 21.0 Å². The third kappa shape index (κ3) is 7.70. The summed E-state index contributed by atoms with van der Waals surface area (Å²) in [6, 6.07) is 10.0. The third-order valence-corrected chi connectivity index (χ3v) is 13.4. The van der Waals surface area contributed by atoms with Crippen LogP contribution in [0, 0.1) is 35.5 Å². The average Bonchev–Trinajstić information content (AvgIpc) is 3.09. The van der Waals surface area contributed by atoms with Crippen LogP contribution in [0.3, 0.4) is 0 Å². The molecule has 8 bridgehead atoms. The fourth-order valence-corrected chi connectivity index (χ4v) is 12.2. The second kappa shape index (κ2) is 16.1. The van der Waals surface area contributed by atoms with Gasteiger partial charge in [0.15, 0.2) is 11.5 Å². The molecule has 2 aromatic carbocycles. The van der Waals surface area contributed by atoms with Crippen molar-refractivity contribution in [1.29, 1.82) is 0 Å². The normalized spacial score (nSPS) is 32.8. The van der Waals surface area contributed by atoms with E-state index in [2.05, 4.69) is 35.1 Å². The van der Waals surface area contributed by atoms with Crippen LogP contribution >= 0.6 is 0 Å². The van der Waals surface area contributed by atoms with Crippen LogP contribution in [-0.4, -0.2) is 66.0 Å². The number of aliphatic imine (C=N–C) groups is 1. The summed E-state index contributed by atoms with van der Waals surface area (Å²) >= 11 is 1.06. The molecule has 5 N–H and O–H groups in total. The Kier molecular flexibility index (Phi) is 12.0. The van der Waals surface area contributed by atoms with Crippen molar-refractivity contribution in [3.8, 4) is 17.2 Å². The predicted molar refractivity (Wildman–Crippen MR) is 194 cm³/mol. The molecule has 9 heteroatoms. The molecule has 0 amide bonds. The van der Waals surface area contributed by atoms with Crippen molar-refractivity contribution in [3.63, 3.8) is 0 Å². The van der Waals surface area contributed by atoms with E-state index in [0.29, 0.717) is 13.1 Å². The summed E-state index contributed by atoms with van der Waals surface area (Å²) in [4.78, 5) is 6.43. The Morgan fingerprint density at radius 3 is 1.76 bits per heavy atom. The van der Waals surface area contributed by atoms with Gasteiger partial charge in [0.25, 0.3) is 0 Å². The van der Waals surface area contributed by atoms with Gasteiger partial charge in [-0.2, -0.15) is 0 Å². The Morgan fingerprint density at radius 1 is 0.760 bits per heavy atom. The Morgan fingerprint density at radius 2 is 1.28 bits per heavy atom. The molecule has 10 rings (SSSR count). The van der Waals surface area contributed by atoms with E-state index < -0.39 is 0 Å². The topological polar surface area (TPSA) is 126 Å². The summed E-state index contributed by atoms with van der Waals surface area (Å²) in [5.74, 6) is 5.93. The predicted octanol–water partition coefficient (Wildman–Crippen LogP) is 7.15. The molecule has 0 spiro atoms. The zero-order valence-corrected chi connectivity index (χ0v) is 31.6. The van der Waals surface area contributed by atoms with Gasteiger partial charge in [-0.25, -0.2) is 0 Å². The van der Waals surface area contributed by atoms with E-state index in [1.165, 1.54) is 82.6 Å². The van der Waals surface area contributed by atoms with Crippen LogP contribution in [0.5, 0.6) is 17.2 Å². The molecule has 0 aromatic heterocycles. The molecule has 0 radical (unpaired) electrons. The molecule has 8 nitrogen and oxygen atoms in total. The van der Waals surface area contributed by atoms with Crippen LogP contribution in [-0.2, 0) is 31.9 Å². The van der Waals surface area contributed by atoms with Crippen LogP contribution < -0.4 is 10.2 Å². The van der Waals surface area contributed by atoms with Crippen molar-refractivity contribution in [2.24, 2.45) is 40.5 Å². The van der Waals surface area contributed by atoms with Gasteiger partial charge in [-0.1, -0.05) is 6.07 Å². The zero-order chi connectivity index (χ0) is 35.5. The zero-order valence-electron chi connectivity index (χ0n) is 30.2. The summed E-state index contributed by atoms with van der Waals surface area (Å²) in [5.41, 5.74) is 4.70. The maximum absolute atomic E-state index is 11.0. The van der Waals surface area contributed by atoms with Crippen LogP contribution in [0.25, 0.3) is 0 Å². The number of nitrogens with one attached hydrogen (secondary N) is 1. The number of phenolic OH excluding ortho intramolecular Hbond substituents is 3. The number of aromatic hydroxyl groups is 3. The standard InChI is InChI=1S/C26H34O2.C15H25N3O2.O.V/c27-23-8-21(25-9-15-1-16(10-25)3-17(2-15)11-25)7-22(24(23)28)26-12-18-4-19(13-26)6-20(5-18)14-26;1-3-18(4-2)14-6-5-13(15(20)11-14)12-17-8-7-16-9-10-19;;/h7-8,15-20,27-28H,1-6,9-14H2;5-6,11-12,16,19-20H,3-4,7-10H2,1-2H3;;. The minimum atomic E-state index is 0.136. The van der Waals surface area contributed by atoms with E-state index >= 15 is 0 Å². The minimum absolute atomic E-state index is 0.136. The van der Waals surface area contributed by atoms with Gasteiger partial charge in [-0.3, -0.25) is 4.99 Å². The number of hydrogen-bond donors (Lipinski definition) is 5. The van der Waals surface area contributed by atoms with Gasteiger partial charge in [0.05, 0.1) is 13.2 Å². The summed E-state index contributed by atoms with van der Waals surface area (Å²) in [7, 11) is 0. The molecule has 0 atom stereocenters. The van der Waals surface area contributed by atoms with E-state index in [-0.39, 0.29) is 34.7 Å². The number of benzene rings is 2. The van der Waals surface area contributed by atoms with Gasteiger partial charge < -0.3 is 30.6 Å². The van der Waals surface area contributed by atoms with E-state index in [4.69, 9.17) is 8.78 Å². The summed E-state index contributed by atoms with van der Waals surface area (Å²) < 4.78 is 8.19. The van der Waals surface area contributed by atoms with Crippen LogP contribution in [0.2, 0.25) is 0 Å². The van der Waals surface area contributed by atoms with E-state index in [9.17, 15) is 15.3 Å². The summed E-state index contributed by atoms with van der Waals surface area (Å²) in [6.45, 7) is 8.08. The molecule has 0 heterocycles. The van der Waals surface area contributed by atoms with Gasteiger partial charge in [-0.05, 0) is 161 Å². The first kappa shape index (κ1) is 37.4. The number of aliphatic hydroxyl groups is 1. The molecular weight excluding hydrogens is 665 g/mol. The second-order valence-electron chi connectivity index (χ2n) is 16.7. The first-order valence-electron chi connectivity index (χ1n) is 19.4. The molecule has 8 fully saturated rings. The van der Waals surface area contributed by atoms with Crippen molar-refractivity contribution in [1.82, 2.24) is 5.32 Å².